The molecule has 1 fully saturated rings. The second-order valence-electron chi connectivity index (χ2n) is 4.82. The van der Waals surface area contributed by atoms with Crippen molar-refractivity contribution in [3.63, 3.8) is 0 Å². The van der Waals surface area contributed by atoms with Crippen LogP contribution in [0.5, 0.6) is 0 Å². The lowest BCUT2D eigenvalue weighted by molar-refractivity contribution is -0.137. The summed E-state index contributed by atoms with van der Waals surface area (Å²) in [5.41, 5.74) is 0.738. The van der Waals surface area contributed by atoms with Crippen LogP contribution in [-0.4, -0.2) is 35.0 Å². The molecule has 1 aliphatic rings. The quantitative estimate of drug-likeness (QED) is 0.826. The summed E-state index contributed by atoms with van der Waals surface area (Å²) in [6, 6.07) is 7.55. The van der Waals surface area contributed by atoms with Crippen molar-refractivity contribution >= 4 is 34.5 Å². The predicted molar refractivity (Wildman–Crippen MR) is 80.0 cm³/mol. The second kappa shape index (κ2) is 6.36. The van der Waals surface area contributed by atoms with E-state index >= 15 is 0 Å². The molecule has 1 aliphatic heterocycles. The van der Waals surface area contributed by atoms with E-state index in [9.17, 15) is 9.59 Å². The Morgan fingerprint density at radius 1 is 1.37 bits per heavy atom. The molecule has 19 heavy (non-hydrogen) atoms. The monoisotopic (exact) mass is 373 g/mol. The van der Waals surface area contributed by atoms with Gasteiger partial charge in [0.15, 0.2) is 0 Å². The van der Waals surface area contributed by atoms with Gasteiger partial charge in [-0.1, -0.05) is 12.1 Å². The first kappa shape index (κ1) is 14.3. The van der Waals surface area contributed by atoms with Gasteiger partial charge in [0.1, 0.15) is 0 Å². The van der Waals surface area contributed by atoms with Crippen LogP contribution in [0.15, 0.2) is 24.3 Å². The van der Waals surface area contributed by atoms with Crippen molar-refractivity contribution < 1.29 is 14.7 Å². The number of carboxylic acids is 1. The fourth-order valence-corrected chi connectivity index (χ4v) is 3.00. The maximum absolute atomic E-state index is 12.4. The molecule has 1 N–H and O–H groups in total. The number of aliphatic carboxylic acids is 1. The molecule has 1 atom stereocenters. The number of amides is 1. The van der Waals surface area contributed by atoms with Gasteiger partial charge in [-0.3, -0.25) is 9.59 Å². The van der Waals surface area contributed by atoms with Crippen molar-refractivity contribution in [3.05, 3.63) is 33.4 Å². The lowest BCUT2D eigenvalue weighted by Crippen LogP contribution is -2.29. The standard InChI is InChI=1S/C14H16INO3/c15-12-4-2-1-3-11(12)14(19)16-8-7-10(9-16)5-6-13(17)18/h1-4,10H,5-9H2,(H,17,18). The lowest BCUT2D eigenvalue weighted by atomic mass is 10.0. The molecule has 102 valence electrons. The van der Waals surface area contributed by atoms with Crippen LogP contribution in [0.2, 0.25) is 0 Å². The zero-order valence-electron chi connectivity index (χ0n) is 10.5. The number of carbonyl (C=O) groups excluding carboxylic acids is 1. The molecule has 0 saturated carbocycles. The third kappa shape index (κ3) is 3.68. The average Bonchev–Trinajstić information content (AvgIpc) is 2.85. The maximum Gasteiger partial charge on any atom is 0.303 e. The number of hydrogen-bond donors (Lipinski definition) is 1. The molecular weight excluding hydrogens is 357 g/mol. The molecular formula is C14H16INO3. The Hall–Kier alpha value is -1.11. The molecule has 0 bridgehead atoms. The van der Waals surface area contributed by atoms with Crippen LogP contribution in [0.1, 0.15) is 29.6 Å². The third-order valence-corrected chi connectivity index (χ3v) is 4.38. The molecule has 2 rings (SSSR count). The van der Waals surface area contributed by atoms with E-state index in [2.05, 4.69) is 22.6 Å². The molecule has 0 spiro atoms. The summed E-state index contributed by atoms with van der Waals surface area (Å²) in [5.74, 6) is -0.383. The van der Waals surface area contributed by atoms with Gasteiger partial charge in [0.05, 0.1) is 5.56 Å². The van der Waals surface area contributed by atoms with Gasteiger partial charge in [0, 0.05) is 23.1 Å². The Labute approximate surface area is 125 Å². The molecule has 1 amide bonds. The van der Waals surface area contributed by atoms with Gasteiger partial charge in [0.25, 0.3) is 5.91 Å². The third-order valence-electron chi connectivity index (χ3n) is 3.44. The van der Waals surface area contributed by atoms with Gasteiger partial charge in [-0.25, -0.2) is 0 Å². The van der Waals surface area contributed by atoms with E-state index in [1.165, 1.54) is 0 Å². The normalized spacial score (nSPS) is 18.6. The highest BCUT2D eigenvalue weighted by Crippen LogP contribution is 2.24. The Bertz CT molecular complexity index is 489. The Balaban J connectivity index is 1.95. The summed E-state index contributed by atoms with van der Waals surface area (Å²) in [4.78, 5) is 24.7. The number of carboxylic acid groups (broad SMARTS) is 1. The Morgan fingerprint density at radius 2 is 2.11 bits per heavy atom. The summed E-state index contributed by atoms with van der Waals surface area (Å²) >= 11 is 2.17. The SMILES string of the molecule is O=C(O)CCC1CCN(C(=O)c2ccccc2I)C1. The van der Waals surface area contributed by atoms with Gasteiger partial charge in [-0.2, -0.15) is 0 Å². The minimum Gasteiger partial charge on any atom is -0.481 e. The van der Waals surface area contributed by atoms with Gasteiger partial charge in [-0.15, -0.1) is 0 Å². The largest absolute Gasteiger partial charge is 0.481 e. The van der Waals surface area contributed by atoms with E-state index < -0.39 is 5.97 Å². The summed E-state index contributed by atoms with van der Waals surface area (Å²) in [6.07, 6.45) is 1.75. The van der Waals surface area contributed by atoms with E-state index in [0.29, 0.717) is 18.9 Å². The van der Waals surface area contributed by atoms with Crippen molar-refractivity contribution in [2.24, 2.45) is 5.92 Å². The predicted octanol–water partition coefficient (Wildman–Crippen LogP) is 2.62. The zero-order chi connectivity index (χ0) is 13.8. The summed E-state index contributed by atoms with van der Waals surface area (Å²) < 4.78 is 0.957. The minimum absolute atomic E-state index is 0.0582. The summed E-state index contributed by atoms with van der Waals surface area (Å²) in [6.45, 7) is 1.41. The van der Waals surface area contributed by atoms with Crippen molar-refractivity contribution in [2.75, 3.05) is 13.1 Å². The number of carbonyl (C=O) groups is 2. The highest BCUT2D eigenvalue weighted by Gasteiger charge is 2.27. The van der Waals surface area contributed by atoms with Crippen LogP contribution in [0, 0.1) is 9.49 Å². The molecule has 0 aliphatic carbocycles. The molecule has 0 radical (unpaired) electrons. The lowest BCUT2D eigenvalue weighted by Gasteiger charge is -2.17. The summed E-state index contributed by atoms with van der Waals surface area (Å²) in [5, 5.41) is 8.68. The van der Waals surface area contributed by atoms with Gasteiger partial charge < -0.3 is 10.0 Å². The average molecular weight is 373 g/mol. The maximum atomic E-state index is 12.4. The van der Waals surface area contributed by atoms with E-state index in [0.717, 1.165) is 22.1 Å². The molecule has 1 unspecified atom stereocenters. The van der Waals surface area contributed by atoms with Crippen molar-refractivity contribution in [1.29, 1.82) is 0 Å². The van der Waals surface area contributed by atoms with E-state index in [1.807, 2.05) is 29.2 Å². The first-order valence-corrected chi connectivity index (χ1v) is 7.41. The fourth-order valence-electron chi connectivity index (χ4n) is 2.39. The van der Waals surface area contributed by atoms with Crippen LogP contribution in [0.4, 0.5) is 0 Å². The minimum atomic E-state index is -0.762. The van der Waals surface area contributed by atoms with Gasteiger partial charge >= 0.3 is 5.97 Å². The van der Waals surface area contributed by atoms with Gasteiger partial charge in [0.2, 0.25) is 0 Å². The molecule has 1 aromatic rings. The number of nitrogens with zero attached hydrogens (tertiary/aromatic N) is 1. The Kier molecular flexibility index (Phi) is 4.79. The smallest absolute Gasteiger partial charge is 0.303 e. The molecule has 1 saturated heterocycles. The van der Waals surface area contributed by atoms with Crippen molar-refractivity contribution in [3.8, 4) is 0 Å². The number of likely N-dealkylation sites (tertiary alicyclic amines) is 1. The first-order chi connectivity index (χ1) is 9.08. The van der Waals surface area contributed by atoms with Crippen molar-refractivity contribution in [2.45, 2.75) is 19.3 Å². The highest BCUT2D eigenvalue weighted by molar-refractivity contribution is 14.1. The van der Waals surface area contributed by atoms with E-state index in [-0.39, 0.29) is 12.3 Å². The van der Waals surface area contributed by atoms with E-state index in [4.69, 9.17) is 5.11 Å². The zero-order valence-corrected chi connectivity index (χ0v) is 12.7. The number of hydrogen-bond acceptors (Lipinski definition) is 2. The first-order valence-electron chi connectivity index (χ1n) is 6.33. The number of rotatable bonds is 4. The fraction of sp³-hybridized carbons (Fsp3) is 0.429. The molecule has 1 heterocycles. The van der Waals surface area contributed by atoms with Crippen LogP contribution in [0.3, 0.4) is 0 Å². The Morgan fingerprint density at radius 3 is 2.79 bits per heavy atom. The van der Waals surface area contributed by atoms with Crippen LogP contribution in [-0.2, 0) is 4.79 Å². The van der Waals surface area contributed by atoms with Crippen LogP contribution < -0.4 is 0 Å². The van der Waals surface area contributed by atoms with E-state index in [1.54, 1.807) is 0 Å². The topological polar surface area (TPSA) is 57.6 Å². The number of benzene rings is 1. The highest BCUT2D eigenvalue weighted by atomic mass is 127. The van der Waals surface area contributed by atoms with Crippen LogP contribution in [0.25, 0.3) is 0 Å². The van der Waals surface area contributed by atoms with Crippen molar-refractivity contribution in [1.82, 2.24) is 4.90 Å². The molecule has 5 heteroatoms. The molecule has 1 aromatic carbocycles. The second-order valence-corrected chi connectivity index (χ2v) is 5.98. The van der Waals surface area contributed by atoms with Crippen LogP contribution >= 0.6 is 22.6 Å². The summed E-state index contributed by atoms with van der Waals surface area (Å²) in [7, 11) is 0. The number of halogens is 1. The molecule has 0 aromatic heterocycles. The molecule has 4 nitrogen and oxygen atoms in total. The van der Waals surface area contributed by atoms with Gasteiger partial charge in [-0.05, 0) is 53.5 Å².